The Morgan fingerprint density at radius 2 is 2.14 bits per heavy atom. The first kappa shape index (κ1) is 21.2. The van der Waals surface area contributed by atoms with E-state index in [2.05, 4.69) is 10.6 Å². The summed E-state index contributed by atoms with van der Waals surface area (Å²) >= 11 is 0. The molecule has 0 saturated carbocycles. The summed E-state index contributed by atoms with van der Waals surface area (Å²) in [4.78, 5) is 49.4. The molecular weight excluding hydrogens is 364 g/mol. The normalized spacial score (nSPS) is 16.2. The number of unbranched alkanes of at least 4 members (excludes halogenated alkanes) is 1. The first-order chi connectivity index (χ1) is 13.4. The van der Waals surface area contributed by atoms with Crippen LogP contribution < -0.4 is 16.4 Å². The average molecular weight is 390 g/mol. The Bertz CT molecular complexity index is 737. The molecule has 28 heavy (non-hydrogen) atoms. The molecule has 1 atom stereocenters. The Morgan fingerprint density at radius 1 is 1.36 bits per heavy atom. The molecule has 1 saturated heterocycles. The summed E-state index contributed by atoms with van der Waals surface area (Å²) in [5.41, 5.74) is 6.13. The van der Waals surface area contributed by atoms with Crippen molar-refractivity contribution in [3.8, 4) is 0 Å². The number of nitrogens with one attached hydrogen (secondary N) is 2. The van der Waals surface area contributed by atoms with Crippen LogP contribution in [0.15, 0.2) is 24.3 Å². The van der Waals surface area contributed by atoms with Crippen molar-refractivity contribution >= 4 is 29.4 Å². The third-order valence-corrected chi connectivity index (χ3v) is 4.36. The van der Waals surface area contributed by atoms with Crippen LogP contribution in [0.25, 0.3) is 0 Å². The fourth-order valence-electron chi connectivity index (χ4n) is 2.82. The van der Waals surface area contributed by atoms with Gasteiger partial charge >= 0.3 is 5.97 Å². The first-order valence-electron chi connectivity index (χ1n) is 9.29. The van der Waals surface area contributed by atoms with E-state index in [1.165, 1.54) is 4.90 Å². The summed E-state index contributed by atoms with van der Waals surface area (Å²) in [5.74, 6) is -1.77. The lowest BCUT2D eigenvalue weighted by Crippen LogP contribution is -2.58. The molecule has 0 bridgehead atoms. The number of ether oxygens (including phenoxy) is 1. The lowest BCUT2D eigenvalue weighted by Gasteiger charge is -2.34. The zero-order valence-corrected chi connectivity index (χ0v) is 15.9. The Balaban J connectivity index is 1.96. The lowest BCUT2D eigenvalue weighted by atomic mass is 10.1. The number of nitrogens with zero attached hydrogens (tertiary/aromatic N) is 1. The van der Waals surface area contributed by atoms with Crippen LogP contribution in [-0.2, 0) is 19.1 Å². The van der Waals surface area contributed by atoms with Crippen LogP contribution in [-0.4, -0.2) is 60.9 Å². The molecule has 0 radical (unpaired) electrons. The van der Waals surface area contributed by atoms with Crippen molar-refractivity contribution in [3.05, 3.63) is 29.8 Å². The van der Waals surface area contributed by atoms with Gasteiger partial charge in [-0.15, -0.1) is 0 Å². The van der Waals surface area contributed by atoms with Gasteiger partial charge in [-0.1, -0.05) is 19.4 Å². The standard InChI is InChI=1S/C19H26N4O5/c1-2-3-9-28-17(25)11-15-19(27)21-7-8-23(15)16(24)12-22-14-6-4-5-13(10-14)18(20)26/h4-6,10,15,22H,2-3,7-9,11-12H2,1H3,(H2,20,26)(H,21,27). The van der Waals surface area contributed by atoms with Gasteiger partial charge in [-0.3, -0.25) is 19.2 Å². The van der Waals surface area contributed by atoms with Crippen molar-refractivity contribution in [1.29, 1.82) is 0 Å². The number of esters is 1. The van der Waals surface area contributed by atoms with E-state index < -0.39 is 17.9 Å². The molecule has 4 N–H and O–H groups in total. The molecule has 1 unspecified atom stereocenters. The Labute approximate surface area is 163 Å². The zero-order valence-electron chi connectivity index (χ0n) is 15.9. The first-order valence-corrected chi connectivity index (χ1v) is 9.29. The molecule has 0 aliphatic carbocycles. The molecule has 1 fully saturated rings. The van der Waals surface area contributed by atoms with Gasteiger partial charge in [0.05, 0.1) is 19.6 Å². The van der Waals surface area contributed by atoms with Gasteiger partial charge in [-0.05, 0) is 24.6 Å². The number of piperazine rings is 1. The van der Waals surface area contributed by atoms with Gasteiger partial charge < -0.3 is 26.0 Å². The summed E-state index contributed by atoms with van der Waals surface area (Å²) in [6.07, 6.45) is 1.46. The van der Waals surface area contributed by atoms with Crippen molar-refractivity contribution < 1.29 is 23.9 Å². The molecule has 152 valence electrons. The summed E-state index contributed by atoms with van der Waals surface area (Å²) < 4.78 is 5.11. The number of amides is 3. The minimum atomic E-state index is -0.894. The number of anilines is 1. The highest BCUT2D eigenvalue weighted by molar-refractivity contribution is 5.94. The van der Waals surface area contributed by atoms with Crippen LogP contribution >= 0.6 is 0 Å². The molecule has 1 aliphatic rings. The molecule has 1 heterocycles. The number of benzene rings is 1. The van der Waals surface area contributed by atoms with E-state index in [-0.39, 0.29) is 24.8 Å². The van der Waals surface area contributed by atoms with Crippen molar-refractivity contribution in [2.75, 3.05) is 31.6 Å². The van der Waals surface area contributed by atoms with E-state index in [1.807, 2.05) is 6.92 Å². The van der Waals surface area contributed by atoms with Gasteiger partial charge in [0.25, 0.3) is 0 Å². The SMILES string of the molecule is CCCCOC(=O)CC1C(=O)NCCN1C(=O)CNc1cccc(C(N)=O)c1. The smallest absolute Gasteiger partial charge is 0.308 e. The van der Waals surface area contributed by atoms with E-state index in [0.717, 1.165) is 12.8 Å². The van der Waals surface area contributed by atoms with Crippen molar-refractivity contribution in [1.82, 2.24) is 10.2 Å². The lowest BCUT2D eigenvalue weighted by molar-refractivity contribution is -0.151. The molecule has 9 nitrogen and oxygen atoms in total. The maximum absolute atomic E-state index is 12.6. The number of carbonyl (C=O) groups is 4. The Kier molecular flexibility index (Phi) is 7.79. The topological polar surface area (TPSA) is 131 Å². The third kappa shape index (κ3) is 5.97. The van der Waals surface area contributed by atoms with E-state index >= 15 is 0 Å². The minimum Gasteiger partial charge on any atom is -0.466 e. The summed E-state index contributed by atoms with van der Waals surface area (Å²) in [7, 11) is 0. The van der Waals surface area contributed by atoms with E-state index in [1.54, 1.807) is 24.3 Å². The number of primary amides is 1. The monoisotopic (exact) mass is 390 g/mol. The van der Waals surface area contributed by atoms with E-state index in [4.69, 9.17) is 10.5 Å². The van der Waals surface area contributed by atoms with E-state index in [9.17, 15) is 19.2 Å². The van der Waals surface area contributed by atoms with Crippen molar-refractivity contribution in [2.45, 2.75) is 32.2 Å². The second-order valence-corrected chi connectivity index (χ2v) is 6.47. The van der Waals surface area contributed by atoms with Crippen molar-refractivity contribution in [3.63, 3.8) is 0 Å². The van der Waals surface area contributed by atoms with Gasteiger partial charge in [0, 0.05) is 24.3 Å². The maximum Gasteiger partial charge on any atom is 0.308 e. The number of carbonyl (C=O) groups excluding carboxylic acids is 4. The third-order valence-electron chi connectivity index (χ3n) is 4.36. The quantitative estimate of drug-likeness (QED) is 0.409. The molecule has 1 aromatic rings. The molecule has 1 aliphatic heterocycles. The van der Waals surface area contributed by atoms with Crippen molar-refractivity contribution in [2.24, 2.45) is 5.73 Å². The molecule has 1 aromatic carbocycles. The summed E-state index contributed by atoms with van der Waals surface area (Å²) in [6.45, 7) is 2.82. The Hall–Kier alpha value is -3.10. The molecular formula is C19H26N4O5. The largest absolute Gasteiger partial charge is 0.466 e. The van der Waals surface area contributed by atoms with Crippen LogP contribution in [0, 0.1) is 0 Å². The number of hydrogen-bond acceptors (Lipinski definition) is 6. The Morgan fingerprint density at radius 3 is 2.86 bits per heavy atom. The highest BCUT2D eigenvalue weighted by atomic mass is 16.5. The van der Waals surface area contributed by atoms with Crippen LogP contribution in [0.3, 0.4) is 0 Å². The van der Waals surface area contributed by atoms with Crippen LogP contribution in [0.4, 0.5) is 5.69 Å². The number of nitrogens with two attached hydrogens (primary N) is 1. The van der Waals surface area contributed by atoms with Gasteiger partial charge in [0.15, 0.2) is 0 Å². The second-order valence-electron chi connectivity index (χ2n) is 6.47. The molecule has 3 amide bonds. The molecule has 0 spiro atoms. The average Bonchev–Trinajstić information content (AvgIpc) is 2.68. The summed E-state index contributed by atoms with van der Waals surface area (Å²) in [6, 6.07) is 5.57. The second kappa shape index (κ2) is 10.3. The van der Waals surface area contributed by atoms with Gasteiger partial charge in [-0.25, -0.2) is 0 Å². The predicted molar refractivity (Wildman–Crippen MR) is 102 cm³/mol. The van der Waals surface area contributed by atoms with Crippen LogP contribution in [0.5, 0.6) is 0 Å². The maximum atomic E-state index is 12.6. The predicted octanol–water partition coefficient (Wildman–Crippen LogP) is 0.258. The van der Waals surface area contributed by atoms with Gasteiger partial charge in [0.2, 0.25) is 17.7 Å². The van der Waals surface area contributed by atoms with Crippen LogP contribution in [0.2, 0.25) is 0 Å². The highest BCUT2D eigenvalue weighted by Crippen LogP contribution is 2.13. The number of hydrogen-bond donors (Lipinski definition) is 3. The fraction of sp³-hybridized carbons (Fsp3) is 0.474. The highest BCUT2D eigenvalue weighted by Gasteiger charge is 2.34. The molecule has 9 heteroatoms. The zero-order chi connectivity index (χ0) is 20.5. The summed E-state index contributed by atoms with van der Waals surface area (Å²) in [5, 5.41) is 5.59. The van der Waals surface area contributed by atoms with Crippen LogP contribution in [0.1, 0.15) is 36.5 Å². The molecule has 2 rings (SSSR count). The minimum absolute atomic E-state index is 0.0864. The molecule has 0 aromatic heterocycles. The fourth-order valence-corrected chi connectivity index (χ4v) is 2.82. The van der Waals surface area contributed by atoms with Gasteiger partial charge in [-0.2, -0.15) is 0 Å². The number of rotatable bonds is 9. The van der Waals surface area contributed by atoms with E-state index in [0.29, 0.717) is 30.9 Å². The van der Waals surface area contributed by atoms with Gasteiger partial charge in [0.1, 0.15) is 6.04 Å².